The predicted molar refractivity (Wildman–Crippen MR) is 192 cm³/mol. The molecule has 0 atom stereocenters. The van der Waals surface area contributed by atoms with Crippen LogP contribution in [0.3, 0.4) is 0 Å². The molecule has 8 rings (SSSR count). The molecule has 3 aliphatic rings. The zero-order valence-electron chi connectivity index (χ0n) is 28.1. The van der Waals surface area contributed by atoms with Gasteiger partial charge in [-0.3, -0.25) is 14.3 Å². The Bertz CT molecular complexity index is 2070. The van der Waals surface area contributed by atoms with Gasteiger partial charge in [-0.25, -0.2) is 14.8 Å². The van der Waals surface area contributed by atoms with Gasteiger partial charge in [-0.1, -0.05) is 48.5 Å². The summed E-state index contributed by atoms with van der Waals surface area (Å²) in [5.74, 6) is 1.68. The van der Waals surface area contributed by atoms with Gasteiger partial charge in [0.2, 0.25) is 5.91 Å². The van der Waals surface area contributed by atoms with E-state index in [1.54, 1.807) is 11.1 Å². The second-order valence-corrected chi connectivity index (χ2v) is 14.3. The third kappa shape index (κ3) is 5.07. The van der Waals surface area contributed by atoms with E-state index in [0.29, 0.717) is 6.42 Å². The van der Waals surface area contributed by atoms with Crippen molar-refractivity contribution in [2.75, 3.05) is 16.8 Å². The number of hydrogen-bond donors (Lipinski definition) is 2. The van der Waals surface area contributed by atoms with E-state index in [0.717, 1.165) is 101 Å². The number of hydrogen-bond acceptors (Lipinski definition) is 5. The summed E-state index contributed by atoms with van der Waals surface area (Å²) in [6, 6.07) is 28.7. The van der Waals surface area contributed by atoms with Crippen LogP contribution in [-0.4, -0.2) is 48.6 Å². The number of aromatic nitrogens is 3. The van der Waals surface area contributed by atoms with Crippen molar-refractivity contribution >= 4 is 29.2 Å². The maximum atomic E-state index is 12.7. The van der Waals surface area contributed by atoms with E-state index < -0.39 is 17.2 Å². The third-order valence-corrected chi connectivity index (χ3v) is 10.3. The zero-order valence-corrected chi connectivity index (χ0v) is 28.1. The van der Waals surface area contributed by atoms with Crippen molar-refractivity contribution in [2.45, 2.75) is 70.4 Å². The number of fused-ring (bicyclic) bond motifs is 5. The van der Waals surface area contributed by atoms with Crippen molar-refractivity contribution in [3.8, 4) is 39.6 Å². The van der Waals surface area contributed by atoms with Crippen molar-refractivity contribution in [3.05, 3.63) is 96.7 Å². The van der Waals surface area contributed by atoms with E-state index in [1.165, 1.54) is 0 Å². The summed E-state index contributed by atoms with van der Waals surface area (Å²) < 4.78 is 2.19. The lowest BCUT2D eigenvalue weighted by atomic mass is 9.69. The van der Waals surface area contributed by atoms with Gasteiger partial charge in [0.15, 0.2) is 5.82 Å². The van der Waals surface area contributed by atoms with Crippen LogP contribution in [0.5, 0.6) is 0 Å². The maximum Gasteiger partial charge on any atom is 0.408 e. The molecule has 1 saturated carbocycles. The van der Waals surface area contributed by atoms with Crippen molar-refractivity contribution in [1.82, 2.24) is 19.4 Å². The fraction of sp³-hybridized carbons (Fsp3) is 0.300. The quantitative estimate of drug-likeness (QED) is 0.193. The van der Waals surface area contributed by atoms with Crippen LogP contribution >= 0.6 is 0 Å². The summed E-state index contributed by atoms with van der Waals surface area (Å²) in [6.07, 6.45) is 5.97. The molecule has 49 heavy (non-hydrogen) atoms. The molecule has 2 aromatic heterocycles. The molecule has 0 radical (unpaired) electrons. The first kappa shape index (κ1) is 30.9. The average Bonchev–Trinajstić information content (AvgIpc) is 3.40. The number of para-hydroxylation sites is 1. The Morgan fingerprint density at radius 1 is 0.898 bits per heavy atom. The van der Waals surface area contributed by atoms with Gasteiger partial charge in [-0.2, -0.15) is 0 Å². The largest absolute Gasteiger partial charge is 0.465 e. The van der Waals surface area contributed by atoms with Crippen LogP contribution in [0, 0.1) is 0 Å². The molecular weight excluding hydrogens is 612 g/mol. The van der Waals surface area contributed by atoms with Gasteiger partial charge in [0.05, 0.1) is 28.3 Å². The Balaban J connectivity index is 1.31. The Morgan fingerprint density at radius 3 is 2.31 bits per heavy atom. The van der Waals surface area contributed by atoms with Crippen LogP contribution in [-0.2, 0) is 10.3 Å². The Hall–Kier alpha value is -5.44. The molecule has 248 valence electrons. The number of nitrogens with one attached hydrogen (secondary N) is 1. The first-order valence-electron chi connectivity index (χ1n) is 17.2. The van der Waals surface area contributed by atoms with Crippen LogP contribution in [0.15, 0.2) is 91.1 Å². The van der Waals surface area contributed by atoms with E-state index in [1.807, 2.05) is 62.1 Å². The molecule has 4 heterocycles. The zero-order chi connectivity index (χ0) is 33.9. The molecule has 0 bridgehead atoms. The van der Waals surface area contributed by atoms with Crippen LogP contribution in [0.1, 0.15) is 64.9 Å². The van der Waals surface area contributed by atoms with Gasteiger partial charge in [0, 0.05) is 47.1 Å². The number of carbonyl (C=O) groups excluding carboxylic acids is 1. The smallest absolute Gasteiger partial charge is 0.408 e. The standard InChI is InChI=1S/C40H40N6O3/c1-39(2,3)46(38(48)49)40(22-9-23-40)28-18-14-27(15-19-28)35-34(26-16-20-29(21-17-26)44-25-7-6-13-33(44)47)43-37-30-10-4-5-11-31(30)42-36-32(45(35)37)12-8-24-41-36/h4-5,8,10-12,14-21,24H,6-7,9,13,22-23,25H2,1-3H3,(H,41,42)(H,48,49). The monoisotopic (exact) mass is 652 g/mol. The number of nitrogens with zero attached hydrogens (tertiary/aromatic N) is 5. The molecule has 1 saturated heterocycles. The van der Waals surface area contributed by atoms with Crippen LogP contribution in [0.2, 0.25) is 0 Å². The second kappa shape index (κ2) is 11.6. The van der Waals surface area contributed by atoms with Gasteiger partial charge in [-0.05, 0) is 94.8 Å². The molecule has 0 spiro atoms. The number of anilines is 3. The van der Waals surface area contributed by atoms with E-state index in [9.17, 15) is 14.7 Å². The number of carboxylic acid groups (broad SMARTS) is 1. The number of amides is 2. The number of pyridine rings is 1. The number of benzene rings is 3. The lowest BCUT2D eigenvalue weighted by Gasteiger charge is -2.54. The highest BCUT2D eigenvalue weighted by Crippen LogP contribution is 2.50. The Labute approximate surface area is 286 Å². The minimum atomic E-state index is -0.898. The summed E-state index contributed by atoms with van der Waals surface area (Å²) in [7, 11) is 0. The highest BCUT2D eigenvalue weighted by atomic mass is 16.4. The van der Waals surface area contributed by atoms with E-state index in [4.69, 9.17) is 9.97 Å². The minimum Gasteiger partial charge on any atom is -0.465 e. The fourth-order valence-corrected chi connectivity index (χ4v) is 7.97. The minimum absolute atomic E-state index is 0.166. The number of imidazole rings is 1. The predicted octanol–water partition coefficient (Wildman–Crippen LogP) is 9.00. The average molecular weight is 653 g/mol. The van der Waals surface area contributed by atoms with Gasteiger partial charge in [-0.15, -0.1) is 0 Å². The van der Waals surface area contributed by atoms with Gasteiger partial charge in [0.25, 0.3) is 0 Å². The Kier molecular flexibility index (Phi) is 7.32. The maximum absolute atomic E-state index is 12.7. The SMILES string of the molecule is CC(C)(C)N(C(=O)O)C1(c2ccc(-c3c(-c4ccc(N5CCCCC5=O)cc4)nc4n3-c3cccnc3Nc3ccccc3-4)cc2)CCC1. The third-order valence-electron chi connectivity index (χ3n) is 10.3. The van der Waals surface area contributed by atoms with Crippen LogP contribution < -0.4 is 10.2 Å². The van der Waals surface area contributed by atoms with Crippen LogP contribution in [0.25, 0.3) is 39.6 Å². The van der Waals surface area contributed by atoms with Gasteiger partial charge < -0.3 is 15.3 Å². The molecule has 2 fully saturated rings. The normalized spacial score (nSPS) is 16.4. The number of piperidine rings is 1. The molecule has 3 aromatic carbocycles. The number of carbonyl (C=O) groups is 2. The van der Waals surface area contributed by atoms with Crippen molar-refractivity contribution < 1.29 is 14.7 Å². The topological polar surface area (TPSA) is 104 Å². The molecule has 2 aliphatic heterocycles. The molecule has 2 N–H and O–H groups in total. The summed E-state index contributed by atoms with van der Waals surface area (Å²) in [6.45, 7) is 6.63. The highest BCUT2D eigenvalue weighted by molar-refractivity contribution is 5.95. The van der Waals surface area contributed by atoms with E-state index in [2.05, 4.69) is 58.4 Å². The van der Waals surface area contributed by atoms with Gasteiger partial charge >= 0.3 is 6.09 Å². The molecule has 5 aromatic rings. The molecule has 2 amide bonds. The van der Waals surface area contributed by atoms with Crippen molar-refractivity contribution in [3.63, 3.8) is 0 Å². The fourth-order valence-electron chi connectivity index (χ4n) is 7.97. The van der Waals surface area contributed by atoms with E-state index in [-0.39, 0.29) is 5.91 Å². The summed E-state index contributed by atoms with van der Waals surface area (Å²) >= 11 is 0. The van der Waals surface area contributed by atoms with Gasteiger partial charge in [0.1, 0.15) is 5.82 Å². The summed E-state index contributed by atoms with van der Waals surface area (Å²) in [5.41, 5.74) is 7.14. The molecule has 9 heteroatoms. The first-order valence-corrected chi connectivity index (χ1v) is 17.2. The Morgan fingerprint density at radius 2 is 1.63 bits per heavy atom. The molecule has 9 nitrogen and oxygen atoms in total. The van der Waals surface area contributed by atoms with Crippen LogP contribution in [0.4, 0.5) is 22.0 Å². The van der Waals surface area contributed by atoms with E-state index >= 15 is 0 Å². The lowest BCUT2D eigenvalue weighted by Crippen LogP contribution is -2.60. The lowest BCUT2D eigenvalue weighted by molar-refractivity contribution is -0.119. The molecule has 1 aliphatic carbocycles. The highest BCUT2D eigenvalue weighted by Gasteiger charge is 2.50. The summed E-state index contributed by atoms with van der Waals surface area (Å²) in [4.78, 5) is 39.0. The second-order valence-electron chi connectivity index (χ2n) is 14.3. The molecule has 0 unspecified atom stereocenters. The number of rotatable bonds is 5. The van der Waals surface area contributed by atoms with Crippen molar-refractivity contribution in [1.29, 1.82) is 0 Å². The molecular formula is C40H40N6O3. The van der Waals surface area contributed by atoms with Crippen molar-refractivity contribution in [2.24, 2.45) is 0 Å². The first-order chi connectivity index (χ1) is 23.7. The summed E-state index contributed by atoms with van der Waals surface area (Å²) in [5, 5.41) is 13.9.